The second-order valence-corrected chi connectivity index (χ2v) is 6.98. The van der Waals surface area contributed by atoms with Crippen molar-refractivity contribution in [3.05, 3.63) is 45.6 Å². The Morgan fingerprint density at radius 3 is 2.88 bits per heavy atom. The molecule has 0 spiro atoms. The molecule has 1 N–H and O–H groups in total. The van der Waals surface area contributed by atoms with Gasteiger partial charge in [-0.3, -0.25) is 4.90 Å². The van der Waals surface area contributed by atoms with E-state index in [2.05, 4.69) is 34.3 Å². The molecule has 0 radical (unpaired) electrons. The van der Waals surface area contributed by atoms with Gasteiger partial charge >= 0.3 is 0 Å². The minimum atomic E-state index is 0.133. The molecular weight excluding hydrogens is 338 g/mol. The van der Waals surface area contributed by atoms with Crippen molar-refractivity contribution in [3.63, 3.8) is 0 Å². The fraction of sp³-hybridized carbons (Fsp3) is 0.500. The summed E-state index contributed by atoms with van der Waals surface area (Å²) in [5, 5.41) is 20.8. The Bertz CT molecular complexity index is 782. The Hall–Kier alpha value is -1.94. The van der Waals surface area contributed by atoms with E-state index in [4.69, 9.17) is 21.3 Å². The van der Waals surface area contributed by atoms with E-state index in [9.17, 15) is 0 Å². The van der Waals surface area contributed by atoms with Crippen LogP contribution < -0.4 is 5.32 Å². The number of aromatic nitrogens is 2. The first-order valence-electron chi connectivity index (χ1n) is 8.47. The third-order valence-corrected chi connectivity index (χ3v) is 4.73. The Balaban J connectivity index is 1.78. The lowest BCUT2D eigenvalue weighted by Crippen LogP contribution is -2.48. The lowest BCUT2D eigenvalue weighted by molar-refractivity contribution is 0.199. The average Bonchev–Trinajstić information content (AvgIpc) is 2.99. The van der Waals surface area contributed by atoms with Gasteiger partial charge in [0.2, 0.25) is 11.8 Å². The van der Waals surface area contributed by atoms with Crippen molar-refractivity contribution in [3.8, 4) is 6.07 Å². The van der Waals surface area contributed by atoms with Gasteiger partial charge in [-0.25, -0.2) is 0 Å². The maximum absolute atomic E-state index is 8.71. The molecule has 1 aromatic carbocycles. The first kappa shape index (κ1) is 17.9. The Morgan fingerprint density at radius 1 is 1.36 bits per heavy atom. The first-order chi connectivity index (χ1) is 12.0. The lowest BCUT2D eigenvalue weighted by Gasteiger charge is -2.32. The van der Waals surface area contributed by atoms with E-state index in [1.54, 1.807) is 0 Å². The second kappa shape index (κ2) is 7.96. The standard InChI is InChI=1S/C18H22ClN5O/c1-12-10-24(6-5-21-12)11-15-8-16(19)7-14(13(15)2)9-18-23-22-17(25-18)3-4-20/h7-8,12,21H,3,5-6,9-11H2,1-2H3/t12-/m0/s1. The number of nitrogens with zero attached hydrogens (tertiary/aromatic N) is 4. The highest BCUT2D eigenvalue weighted by Gasteiger charge is 2.18. The number of piperazine rings is 1. The van der Waals surface area contributed by atoms with Crippen LogP contribution in [0.3, 0.4) is 0 Å². The highest BCUT2D eigenvalue weighted by atomic mass is 35.5. The summed E-state index contributed by atoms with van der Waals surface area (Å²) in [6, 6.07) is 6.51. The molecule has 0 bridgehead atoms. The summed E-state index contributed by atoms with van der Waals surface area (Å²) in [4.78, 5) is 2.45. The van der Waals surface area contributed by atoms with Gasteiger partial charge in [0.05, 0.1) is 12.5 Å². The highest BCUT2D eigenvalue weighted by molar-refractivity contribution is 6.30. The van der Waals surface area contributed by atoms with Crippen molar-refractivity contribution < 1.29 is 4.42 Å². The summed E-state index contributed by atoms with van der Waals surface area (Å²) in [6.07, 6.45) is 0.656. The van der Waals surface area contributed by atoms with Gasteiger partial charge in [0, 0.05) is 37.2 Å². The number of hydrogen-bond donors (Lipinski definition) is 1. The number of nitrogens with one attached hydrogen (secondary N) is 1. The zero-order valence-corrected chi connectivity index (χ0v) is 15.3. The van der Waals surface area contributed by atoms with Crippen molar-refractivity contribution in [2.75, 3.05) is 19.6 Å². The summed E-state index contributed by atoms with van der Waals surface area (Å²) >= 11 is 6.35. The molecule has 0 amide bonds. The smallest absolute Gasteiger partial charge is 0.230 e. The quantitative estimate of drug-likeness (QED) is 0.883. The van der Waals surface area contributed by atoms with Gasteiger partial charge in [-0.15, -0.1) is 10.2 Å². The van der Waals surface area contributed by atoms with Gasteiger partial charge in [-0.1, -0.05) is 11.6 Å². The van der Waals surface area contributed by atoms with Crippen molar-refractivity contribution in [1.82, 2.24) is 20.4 Å². The van der Waals surface area contributed by atoms with Crippen LogP contribution in [0.15, 0.2) is 16.5 Å². The zero-order chi connectivity index (χ0) is 17.8. The number of benzene rings is 1. The van der Waals surface area contributed by atoms with E-state index in [0.717, 1.165) is 36.8 Å². The molecule has 1 atom stereocenters. The van der Waals surface area contributed by atoms with Gasteiger partial charge in [-0.05, 0) is 42.7 Å². The molecule has 0 unspecified atom stereocenters. The van der Waals surface area contributed by atoms with Crippen LogP contribution in [-0.4, -0.2) is 40.8 Å². The maximum Gasteiger partial charge on any atom is 0.230 e. The van der Waals surface area contributed by atoms with Crippen molar-refractivity contribution in [2.45, 2.75) is 39.3 Å². The van der Waals surface area contributed by atoms with Gasteiger partial charge in [0.1, 0.15) is 6.42 Å². The maximum atomic E-state index is 8.71. The largest absolute Gasteiger partial charge is 0.424 e. The Kier molecular flexibility index (Phi) is 5.69. The molecular formula is C18H22ClN5O. The SMILES string of the molecule is Cc1c(Cc2nnc(CC#N)o2)cc(Cl)cc1CN1CCN[C@@H](C)C1. The first-order valence-corrected chi connectivity index (χ1v) is 8.84. The van der Waals surface area contributed by atoms with E-state index in [1.807, 2.05) is 18.2 Å². The normalized spacial score (nSPS) is 18.2. The van der Waals surface area contributed by atoms with E-state index < -0.39 is 0 Å². The molecule has 6 nitrogen and oxygen atoms in total. The number of rotatable bonds is 5. The summed E-state index contributed by atoms with van der Waals surface area (Å²) in [5.74, 6) is 0.865. The van der Waals surface area contributed by atoms with Crippen LogP contribution in [0.1, 0.15) is 35.4 Å². The molecule has 1 aliphatic rings. The fourth-order valence-electron chi connectivity index (χ4n) is 3.20. The lowest BCUT2D eigenvalue weighted by atomic mass is 9.99. The van der Waals surface area contributed by atoms with E-state index >= 15 is 0 Å². The number of halogens is 1. The van der Waals surface area contributed by atoms with Gasteiger partial charge in [-0.2, -0.15) is 5.26 Å². The van der Waals surface area contributed by atoms with Gasteiger partial charge in [0.25, 0.3) is 0 Å². The van der Waals surface area contributed by atoms with Gasteiger partial charge < -0.3 is 9.73 Å². The third-order valence-electron chi connectivity index (χ3n) is 4.52. The molecule has 0 saturated carbocycles. The zero-order valence-electron chi connectivity index (χ0n) is 14.5. The Morgan fingerprint density at radius 2 is 2.12 bits per heavy atom. The average molecular weight is 360 g/mol. The monoisotopic (exact) mass is 359 g/mol. The summed E-state index contributed by atoms with van der Waals surface area (Å²) < 4.78 is 5.52. The van der Waals surface area contributed by atoms with Crippen LogP contribution in [0.5, 0.6) is 0 Å². The van der Waals surface area contributed by atoms with E-state index in [-0.39, 0.29) is 6.42 Å². The fourth-order valence-corrected chi connectivity index (χ4v) is 3.47. The minimum absolute atomic E-state index is 0.133. The second-order valence-electron chi connectivity index (χ2n) is 6.54. The molecule has 1 aliphatic heterocycles. The summed E-state index contributed by atoms with van der Waals surface area (Å²) in [7, 11) is 0. The predicted octanol–water partition coefficient (Wildman–Crippen LogP) is 2.48. The molecule has 2 aromatic rings. The van der Waals surface area contributed by atoms with Crippen molar-refractivity contribution >= 4 is 11.6 Å². The highest BCUT2D eigenvalue weighted by Crippen LogP contribution is 2.24. The molecule has 132 valence electrons. The summed E-state index contributed by atoms with van der Waals surface area (Å²) in [6.45, 7) is 8.28. The van der Waals surface area contributed by atoms with Crippen LogP contribution in [0, 0.1) is 18.3 Å². The van der Waals surface area contributed by atoms with Crippen LogP contribution in [0.25, 0.3) is 0 Å². The topological polar surface area (TPSA) is 78.0 Å². The van der Waals surface area contributed by atoms with Crippen LogP contribution >= 0.6 is 11.6 Å². The van der Waals surface area contributed by atoms with E-state index in [0.29, 0.717) is 24.2 Å². The molecule has 0 aliphatic carbocycles. The molecule has 2 heterocycles. The molecule has 1 fully saturated rings. The van der Waals surface area contributed by atoms with Gasteiger partial charge in [0.15, 0.2) is 0 Å². The third kappa shape index (κ3) is 4.57. The van der Waals surface area contributed by atoms with Crippen LogP contribution in [0.4, 0.5) is 0 Å². The molecule has 3 rings (SSSR count). The van der Waals surface area contributed by atoms with Crippen LogP contribution in [0.2, 0.25) is 5.02 Å². The molecule has 1 saturated heterocycles. The summed E-state index contributed by atoms with van der Waals surface area (Å²) in [5.41, 5.74) is 3.52. The number of nitriles is 1. The van der Waals surface area contributed by atoms with Crippen molar-refractivity contribution in [2.24, 2.45) is 0 Å². The van der Waals surface area contributed by atoms with Crippen molar-refractivity contribution in [1.29, 1.82) is 5.26 Å². The number of hydrogen-bond acceptors (Lipinski definition) is 6. The molecule has 25 heavy (non-hydrogen) atoms. The molecule has 7 heteroatoms. The van der Waals surface area contributed by atoms with Crippen LogP contribution in [-0.2, 0) is 19.4 Å². The predicted molar refractivity (Wildman–Crippen MR) is 95.4 cm³/mol. The Labute approximate surface area is 152 Å². The molecule has 1 aromatic heterocycles. The minimum Gasteiger partial charge on any atom is -0.424 e. The van der Waals surface area contributed by atoms with E-state index in [1.165, 1.54) is 11.1 Å².